The van der Waals surface area contributed by atoms with Crippen molar-refractivity contribution < 1.29 is 4.92 Å². The molecular weight excluding hydrogens is 276 g/mol. The van der Waals surface area contributed by atoms with Crippen LogP contribution in [0.4, 0.5) is 11.4 Å². The van der Waals surface area contributed by atoms with Crippen molar-refractivity contribution in [2.45, 2.75) is 17.8 Å². The summed E-state index contributed by atoms with van der Waals surface area (Å²) in [5.41, 5.74) is 1.63. The summed E-state index contributed by atoms with van der Waals surface area (Å²) in [7, 11) is 0. The number of hydrogen-bond acceptors (Lipinski definition) is 6. The first-order chi connectivity index (χ1) is 9.70. The molecule has 0 atom stereocenters. The molecule has 0 fully saturated rings. The summed E-state index contributed by atoms with van der Waals surface area (Å²) in [6.07, 6.45) is 3.38. The minimum atomic E-state index is -0.380. The van der Waals surface area contributed by atoms with Gasteiger partial charge in [-0.3, -0.25) is 10.1 Å². The lowest BCUT2D eigenvalue weighted by Crippen LogP contribution is -2.01. The molecule has 1 N–H and O–H groups in total. The standard InChI is InChI=1S/C13H14N4O2S/c1-2-14-11-8-10(4-5-12(11)17(18)19)9-20-13-15-6-3-7-16-13/h3-8,14H,2,9H2,1H3. The molecule has 0 radical (unpaired) electrons. The number of nitrogens with one attached hydrogen (secondary N) is 1. The zero-order valence-corrected chi connectivity index (χ0v) is 11.8. The van der Waals surface area contributed by atoms with Gasteiger partial charge in [0.2, 0.25) is 0 Å². The van der Waals surface area contributed by atoms with E-state index in [-0.39, 0.29) is 10.6 Å². The molecule has 104 valence electrons. The van der Waals surface area contributed by atoms with Crippen LogP contribution in [-0.4, -0.2) is 21.4 Å². The van der Waals surface area contributed by atoms with E-state index in [0.717, 1.165) is 5.56 Å². The van der Waals surface area contributed by atoms with Crippen LogP contribution in [0.15, 0.2) is 41.8 Å². The van der Waals surface area contributed by atoms with Crippen molar-refractivity contribution in [2.75, 3.05) is 11.9 Å². The summed E-state index contributed by atoms with van der Waals surface area (Å²) in [5, 5.41) is 14.6. The number of nitro groups is 1. The average Bonchev–Trinajstić information content (AvgIpc) is 2.46. The third kappa shape index (κ3) is 3.67. The lowest BCUT2D eigenvalue weighted by molar-refractivity contribution is -0.384. The highest BCUT2D eigenvalue weighted by Crippen LogP contribution is 2.28. The van der Waals surface area contributed by atoms with E-state index in [9.17, 15) is 10.1 Å². The Bertz CT molecular complexity index is 592. The van der Waals surface area contributed by atoms with Crippen LogP contribution in [0, 0.1) is 10.1 Å². The Morgan fingerprint density at radius 3 is 2.75 bits per heavy atom. The number of thioether (sulfide) groups is 1. The molecule has 0 aliphatic rings. The van der Waals surface area contributed by atoms with Crippen LogP contribution >= 0.6 is 11.8 Å². The Morgan fingerprint density at radius 2 is 2.10 bits per heavy atom. The molecule has 1 aromatic heterocycles. The molecule has 0 amide bonds. The summed E-state index contributed by atoms with van der Waals surface area (Å²) < 4.78 is 0. The molecule has 20 heavy (non-hydrogen) atoms. The van der Waals surface area contributed by atoms with Crippen molar-refractivity contribution in [2.24, 2.45) is 0 Å². The Morgan fingerprint density at radius 1 is 1.35 bits per heavy atom. The van der Waals surface area contributed by atoms with E-state index in [0.29, 0.717) is 23.1 Å². The highest BCUT2D eigenvalue weighted by molar-refractivity contribution is 7.98. The summed E-state index contributed by atoms with van der Waals surface area (Å²) in [4.78, 5) is 18.8. The zero-order valence-electron chi connectivity index (χ0n) is 10.9. The van der Waals surface area contributed by atoms with E-state index in [1.54, 1.807) is 30.6 Å². The lowest BCUT2D eigenvalue weighted by atomic mass is 10.2. The van der Waals surface area contributed by atoms with Crippen molar-refractivity contribution in [1.82, 2.24) is 9.97 Å². The normalized spacial score (nSPS) is 10.2. The first-order valence-corrected chi connectivity index (χ1v) is 7.10. The highest BCUT2D eigenvalue weighted by atomic mass is 32.2. The second kappa shape index (κ2) is 6.85. The quantitative estimate of drug-likeness (QED) is 0.381. The number of rotatable bonds is 6. The molecule has 0 spiro atoms. The Labute approximate surface area is 120 Å². The first-order valence-electron chi connectivity index (χ1n) is 6.11. The van der Waals surface area contributed by atoms with Crippen LogP contribution in [0.3, 0.4) is 0 Å². The molecule has 0 saturated carbocycles. The molecule has 2 aromatic rings. The molecular formula is C13H14N4O2S. The van der Waals surface area contributed by atoms with E-state index in [1.165, 1.54) is 17.8 Å². The summed E-state index contributed by atoms with van der Waals surface area (Å²) in [5.74, 6) is 0.667. The maximum atomic E-state index is 10.9. The van der Waals surface area contributed by atoms with Gasteiger partial charge in [-0.25, -0.2) is 9.97 Å². The van der Waals surface area contributed by atoms with Gasteiger partial charge in [0, 0.05) is 30.8 Å². The Kier molecular flexibility index (Phi) is 4.89. The van der Waals surface area contributed by atoms with Crippen molar-refractivity contribution in [3.8, 4) is 0 Å². The fourth-order valence-electron chi connectivity index (χ4n) is 1.67. The fourth-order valence-corrected chi connectivity index (χ4v) is 2.42. The maximum Gasteiger partial charge on any atom is 0.292 e. The van der Waals surface area contributed by atoms with Gasteiger partial charge in [-0.15, -0.1) is 0 Å². The summed E-state index contributed by atoms with van der Waals surface area (Å²) in [6.45, 7) is 2.54. The highest BCUT2D eigenvalue weighted by Gasteiger charge is 2.13. The predicted octanol–water partition coefficient (Wildman–Crippen LogP) is 3.11. The van der Waals surface area contributed by atoms with Gasteiger partial charge >= 0.3 is 0 Å². The third-order valence-electron chi connectivity index (χ3n) is 2.53. The van der Waals surface area contributed by atoms with Crippen LogP contribution < -0.4 is 5.32 Å². The number of hydrogen-bond donors (Lipinski definition) is 1. The van der Waals surface area contributed by atoms with E-state index in [1.807, 2.05) is 6.92 Å². The van der Waals surface area contributed by atoms with Crippen LogP contribution in [-0.2, 0) is 5.75 Å². The molecule has 2 rings (SSSR count). The number of anilines is 1. The summed E-state index contributed by atoms with van der Waals surface area (Å²) >= 11 is 1.49. The van der Waals surface area contributed by atoms with E-state index in [2.05, 4.69) is 15.3 Å². The topological polar surface area (TPSA) is 81.0 Å². The molecule has 7 heteroatoms. The molecule has 0 bridgehead atoms. The van der Waals surface area contributed by atoms with Crippen molar-refractivity contribution in [1.29, 1.82) is 0 Å². The lowest BCUT2D eigenvalue weighted by Gasteiger charge is -2.07. The number of aromatic nitrogens is 2. The van der Waals surface area contributed by atoms with Gasteiger partial charge in [0.25, 0.3) is 5.69 Å². The van der Waals surface area contributed by atoms with Gasteiger partial charge < -0.3 is 5.32 Å². The van der Waals surface area contributed by atoms with E-state index < -0.39 is 0 Å². The minimum Gasteiger partial charge on any atom is -0.380 e. The van der Waals surface area contributed by atoms with E-state index in [4.69, 9.17) is 0 Å². The molecule has 1 heterocycles. The van der Waals surface area contributed by atoms with Gasteiger partial charge in [-0.2, -0.15) is 0 Å². The smallest absolute Gasteiger partial charge is 0.292 e. The molecule has 1 aromatic carbocycles. The average molecular weight is 290 g/mol. The Hall–Kier alpha value is -2.15. The molecule has 0 saturated heterocycles. The number of nitro benzene ring substituents is 1. The monoisotopic (exact) mass is 290 g/mol. The van der Waals surface area contributed by atoms with Crippen LogP contribution in [0.1, 0.15) is 12.5 Å². The van der Waals surface area contributed by atoms with Gasteiger partial charge in [0.15, 0.2) is 5.16 Å². The van der Waals surface area contributed by atoms with Crippen LogP contribution in [0.2, 0.25) is 0 Å². The van der Waals surface area contributed by atoms with Crippen molar-refractivity contribution in [3.63, 3.8) is 0 Å². The van der Waals surface area contributed by atoms with Crippen LogP contribution in [0.25, 0.3) is 0 Å². The molecule has 6 nitrogen and oxygen atoms in total. The predicted molar refractivity (Wildman–Crippen MR) is 78.9 cm³/mol. The second-order valence-corrected chi connectivity index (χ2v) is 4.90. The molecule has 0 aliphatic heterocycles. The first kappa shape index (κ1) is 14.3. The minimum absolute atomic E-state index is 0.0940. The zero-order chi connectivity index (χ0) is 14.4. The van der Waals surface area contributed by atoms with E-state index >= 15 is 0 Å². The van der Waals surface area contributed by atoms with Gasteiger partial charge in [0.1, 0.15) is 5.69 Å². The second-order valence-electron chi connectivity index (χ2n) is 3.96. The van der Waals surface area contributed by atoms with Crippen molar-refractivity contribution in [3.05, 3.63) is 52.3 Å². The Balaban J connectivity index is 2.12. The maximum absolute atomic E-state index is 10.9. The SMILES string of the molecule is CCNc1cc(CSc2ncccn2)ccc1[N+](=O)[O-]. The van der Waals surface area contributed by atoms with Crippen LogP contribution in [0.5, 0.6) is 0 Å². The number of benzene rings is 1. The van der Waals surface area contributed by atoms with Crippen molar-refractivity contribution >= 4 is 23.1 Å². The number of nitrogens with zero attached hydrogens (tertiary/aromatic N) is 3. The molecule has 0 unspecified atom stereocenters. The molecule has 0 aliphatic carbocycles. The van der Waals surface area contributed by atoms with Gasteiger partial charge in [-0.05, 0) is 24.6 Å². The van der Waals surface area contributed by atoms with Gasteiger partial charge in [-0.1, -0.05) is 17.8 Å². The largest absolute Gasteiger partial charge is 0.380 e. The third-order valence-corrected chi connectivity index (χ3v) is 3.48. The fraction of sp³-hybridized carbons (Fsp3) is 0.231. The summed E-state index contributed by atoms with van der Waals surface area (Å²) in [6, 6.07) is 6.85. The van der Waals surface area contributed by atoms with Gasteiger partial charge in [0.05, 0.1) is 4.92 Å².